The molecule has 0 bridgehead atoms. The van der Waals surface area contributed by atoms with Crippen molar-refractivity contribution < 1.29 is 14.2 Å². The summed E-state index contributed by atoms with van der Waals surface area (Å²) in [4.78, 5) is 23.7. The first-order valence-electron chi connectivity index (χ1n) is 9.36. The van der Waals surface area contributed by atoms with E-state index in [1.54, 1.807) is 48.5 Å². The summed E-state index contributed by atoms with van der Waals surface area (Å²) in [7, 11) is -2.36. The van der Waals surface area contributed by atoms with Crippen LogP contribution in [0.15, 0.2) is 30.5 Å². The lowest BCUT2D eigenvalue weighted by Gasteiger charge is -2.35. The van der Waals surface area contributed by atoms with E-state index in [0.29, 0.717) is 31.4 Å². The van der Waals surface area contributed by atoms with Crippen LogP contribution >= 0.6 is 7.14 Å². The van der Waals surface area contributed by atoms with Gasteiger partial charge in [-0.15, -0.1) is 0 Å². The molecule has 9 heteroatoms. The van der Waals surface area contributed by atoms with Crippen LogP contribution in [0.5, 0.6) is 0 Å². The number of amides is 1. The number of carbonyl (C=O) groups is 2. The molecule has 1 saturated carbocycles. The summed E-state index contributed by atoms with van der Waals surface area (Å²) in [5.41, 5.74) is 5.79. The first-order valence-corrected chi connectivity index (χ1v) is 12.0. The van der Waals surface area contributed by atoms with Crippen LogP contribution in [0.25, 0.3) is 0 Å². The zero-order chi connectivity index (χ0) is 21.2. The van der Waals surface area contributed by atoms with Gasteiger partial charge in [-0.1, -0.05) is 0 Å². The van der Waals surface area contributed by atoms with Crippen LogP contribution in [0.1, 0.15) is 42.5 Å². The van der Waals surface area contributed by atoms with E-state index < -0.39 is 18.6 Å². The number of anilines is 2. The number of ketones is 1. The Labute approximate surface area is 169 Å². The molecule has 8 nitrogen and oxygen atoms in total. The summed E-state index contributed by atoms with van der Waals surface area (Å²) >= 11 is 0. The number of aromatic nitrogens is 2. The third kappa shape index (κ3) is 4.41. The molecular weight excluding hydrogens is 389 g/mol. The van der Waals surface area contributed by atoms with Gasteiger partial charge in [-0.3, -0.25) is 14.3 Å². The molecule has 2 aromatic rings. The normalized spacial score (nSPS) is 16.2. The lowest BCUT2D eigenvalue weighted by atomic mass is 9.79. The minimum atomic E-state index is -2.36. The smallest absolute Gasteiger partial charge is 0.254 e. The standard InChI is InChI=1S/C20H24N5O3P/c1-29(2,28)16-5-3-14(4-6-16)23-19-17(18(22)27)13-25(24-19)20(11-12-21)9-7-15(26)8-10-20/h3-6,13H,7-11H2,1-2H3,(H2,22,27)(H,23,24). The van der Waals surface area contributed by atoms with Crippen LogP contribution in [-0.4, -0.2) is 34.8 Å². The molecule has 3 N–H and O–H groups in total. The highest BCUT2D eigenvalue weighted by atomic mass is 31.2. The number of hydrogen-bond donors (Lipinski definition) is 2. The molecule has 152 valence electrons. The fourth-order valence-electron chi connectivity index (χ4n) is 3.56. The highest BCUT2D eigenvalue weighted by Gasteiger charge is 2.38. The van der Waals surface area contributed by atoms with E-state index >= 15 is 0 Å². The van der Waals surface area contributed by atoms with Crippen molar-refractivity contribution in [2.75, 3.05) is 18.6 Å². The SMILES string of the molecule is CP(C)(=O)c1ccc(Nc2nn(C3(CC#N)CCC(=O)CC3)cc2C(N)=O)cc1. The second-order valence-electron chi connectivity index (χ2n) is 7.82. The van der Waals surface area contributed by atoms with Crippen molar-refractivity contribution in [1.29, 1.82) is 5.26 Å². The second kappa shape index (κ2) is 7.84. The monoisotopic (exact) mass is 413 g/mol. The zero-order valence-electron chi connectivity index (χ0n) is 16.5. The van der Waals surface area contributed by atoms with Crippen LogP contribution in [0.3, 0.4) is 0 Å². The van der Waals surface area contributed by atoms with Gasteiger partial charge < -0.3 is 15.6 Å². The number of hydrogen-bond acceptors (Lipinski definition) is 6. The van der Waals surface area contributed by atoms with Gasteiger partial charge in [-0.05, 0) is 50.4 Å². The number of benzene rings is 1. The van der Waals surface area contributed by atoms with E-state index in [-0.39, 0.29) is 23.6 Å². The topological polar surface area (TPSA) is 131 Å². The van der Waals surface area contributed by atoms with Crippen LogP contribution in [0, 0.1) is 11.3 Å². The molecule has 1 aliphatic carbocycles. The molecule has 1 aromatic heterocycles. The number of rotatable bonds is 6. The third-order valence-electron chi connectivity index (χ3n) is 5.36. The van der Waals surface area contributed by atoms with Gasteiger partial charge in [0.15, 0.2) is 5.82 Å². The Hall–Kier alpha value is -2.91. The van der Waals surface area contributed by atoms with Crippen LogP contribution < -0.4 is 16.4 Å². The second-order valence-corrected chi connectivity index (χ2v) is 11.0. The highest BCUT2D eigenvalue weighted by molar-refractivity contribution is 7.70. The number of nitrogens with two attached hydrogens (primary N) is 1. The summed E-state index contributed by atoms with van der Waals surface area (Å²) in [6.45, 7) is 3.40. The van der Waals surface area contributed by atoms with E-state index in [2.05, 4.69) is 16.5 Å². The molecule has 0 unspecified atom stereocenters. The van der Waals surface area contributed by atoms with Crippen molar-refractivity contribution in [2.45, 2.75) is 37.6 Å². The zero-order valence-corrected chi connectivity index (χ0v) is 17.4. The number of nitrogens with zero attached hydrogens (tertiary/aromatic N) is 3. The molecule has 0 spiro atoms. The van der Waals surface area contributed by atoms with Crippen LogP contribution in [0.4, 0.5) is 11.5 Å². The van der Waals surface area contributed by atoms with Gasteiger partial charge in [0.2, 0.25) is 0 Å². The lowest BCUT2D eigenvalue weighted by molar-refractivity contribution is -0.122. The van der Waals surface area contributed by atoms with Gasteiger partial charge in [-0.25, -0.2) is 0 Å². The molecule has 1 aliphatic rings. The van der Waals surface area contributed by atoms with E-state index in [1.165, 1.54) is 0 Å². The predicted octanol–water partition coefficient (Wildman–Crippen LogP) is 2.73. The highest BCUT2D eigenvalue weighted by Crippen LogP contribution is 2.38. The molecule has 3 rings (SSSR count). The van der Waals surface area contributed by atoms with Crippen molar-refractivity contribution in [3.63, 3.8) is 0 Å². The molecule has 1 amide bonds. The molecule has 1 heterocycles. The van der Waals surface area contributed by atoms with Crippen molar-refractivity contribution in [3.05, 3.63) is 36.0 Å². The fourth-order valence-corrected chi connectivity index (χ4v) is 4.43. The van der Waals surface area contributed by atoms with Crippen LogP contribution in [0.2, 0.25) is 0 Å². The van der Waals surface area contributed by atoms with Crippen molar-refractivity contribution in [2.24, 2.45) is 5.73 Å². The Kier molecular flexibility index (Phi) is 5.63. The predicted molar refractivity (Wildman–Crippen MR) is 111 cm³/mol. The maximum atomic E-state index is 12.2. The Morgan fingerprint density at radius 2 is 1.93 bits per heavy atom. The molecule has 0 radical (unpaired) electrons. The van der Waals surface area contributed by atoms with Gasteiger partial charge in [0, 0.05) is 30.0 Å². The Bertz CT molecular complexity index is 1020. The average Bonchev–Trinajstić information content (AvgIpc) is 3.08. The van der Waals surface area contributed by atoms with Crippen LogP contribution in [-0.2, 0) is 14.9 Å². The third-order valence-corrected chi connectivity index (χ3v) is 6.91. The van der Waals surface area contributed by atoms with Gasteiger partial charge >= 0.3 is 0 Å². The van der Waals surface area contributed by atoms with Gasteiger partial charge in [0.05, 0.1) is 18.0 Å². The fraction of sp³-hybridized carbons (Fsp3) is 0.400. The van der Waals surface area contributed by atoms with Gasteiger partial charge in [0.25, 0.3) is 5.91 Å². The minimum Gasteiger partial charge on any atom is -0.365 e. The van der Waals surface area contributed by atoms with Crippen molar-refractivity contribution in [1.82, 2.24) is 9.78 Å². The molecule has 0 saturated heterocycles. The molecule has 1 fully saturated rings. The number of Topliss-reactive ketones (excluding diaryl/α,β-unsaturated/α-hetero) is 1. The summed E-state index contributed by atoms with van der Waals surface area (Å²) in [5, 5.41) is 17.7. The molecule has 1 aromatic carbocycles. The van der Waals surface area contributed by atoms with E-state index in [1.807, 2.05) is 0 Å². The molecule has 0 aliphatic heterocycles. The molecule has 29 heavy (non-hydrogen) atoms. The first-order chi connectivity index (χ1) is 13.6. The molecular formula is C20H24N5O3P. The van der Waals surface area contributed by atoms with Gasteiger partial charge in [0.1, 0.15) is 18.5 Å². The number of carbonyl (C=O) groups excluding carboxylic acids is 2. The Morgan fingerprint density at radius 1 is 1.31 bits per heavy atom. The van der Waals surface area contributed by atoms with E-state index in [9.17, 15) is 19.4 Å². The lowest BCUT2D eigenvalue weighted by Crippen LogP contribution is -2.38. The van der Waals surface area contributed by atoms with Crippen molar-refractivity contribution >= 4 is 35.6 Å². The van der Waals surface area contributed by atoms with Crippen molar-refractivity contribution in [3.8, 4) is 6.07 Å². The van der Waals surface area contributed by atoms with E-state index in [0.717, 1.165) is 5.30 Å². The Morgan fingerprint density at radius 3 is 2.45 bits per heavy atom. The maximum Gasteiger partial charge on any atom is 0.254 e. The average molecular weight is 413 g/mol. The molecule has 0 atom stereocenters. The summed E-state index contributed by atoms with van der Waals surface area (Å²) in [6, 6.07) is 9.26. The van der Waals surface area contributed by atoms with Gasteiger partial charge in [-0.2, -0.15) is 10.4 Å². The minimum absolute atomic E-state index is 0.170. The summed E-state index contributed by atoms with van der Waals surface area (Å²) in [5.74, 6) is -0.181. The number of primary amides is 1. The maximum absolute atomic E-state index is 12.2. The number of nitrogens with one attached hydrogen (secondary N) is 1. The Balaban J connectivity index is 1.95. The summed E-state index contributed by atoms with van der Waals surface area (Å²) in [6.07, 6.45) is 3.50. The quantitative estimate of drug-likeness (QED) is 0.700. The largest absolute Gasteiger partial charge is 0.365 e. The summed E-state index contributed by atoms with van der Waals surface area (Å²) < 4.78 is 13.8. The first kappa shape index (κ1) is 20.8. The van der Waals surface area contributed by atoms with E-state index in [4.69, 9.17) is 5.73 Å². The number of nitriles is 1.